The first-order valence-corrected chi connectivity index (χ1v) is 6.04. The predicted octanol–water partition coefficient (Wildman–Crippen LogP) is 3.66. The number of hydrogen-bond donors (Lipinski definition) is 1. The Morgan fingerprint density at radius 2 is 1.89 bits per heavy atom. The number of ether oxygens (including phenoxy) is 1. The molecule has 0 fully saturated rings. The topological polar surface area (TPSA) is 35.2 Å². The molecular formula is C14H12ClF2NO. The maximum absolute atomic E-state index is 13.7. The molecule has 0 aliphatic carbocycles. The molecule has 100 valence electrons. The van der Waals surface area contributed by atoms with E-state index < -0.39 is 11.6 Å². The van der Waals surface area contributed by atoms with E-state index in [1.54, 1.807) is 12.1 Å². The fourth-order valence-corrected chi connectivity index (χ4v) is 1.82. The lowest BCUT2D eigenvalue weighted by Gasteiger charge is -2.10. The molecule has 0 saturated heterocycles. The van der Waals surface area contributed by atoms with Crippen LogP contribution in [0.25, 0.3) is 0 Å². The van der Waals surface area contributed by atoms with Crippen molar-refractivity contribution in [2.45, 2.75) is 13.2 Å². The van der Waals surface area contributed by atoms with E-state index in [1.165, 1.54) is 24.3 Å². The first-order chi connectivity index (χ1) is 9.11. The molecule has 2 rings (SSSR count). The van der Waals surface area contributed by atoms with Gasteiger partial charge in [-0.25, -0.2) is 8.78 Å². The molecule has 19 heavy (non-hydrogen) atoms. The minimum absolute atomic E-state index is 0.0773. The van der Waals surface area contributed by atoms with Crippen molar-refractivity contribution in [3.8, 4) is 5.75 Å². The molecule has 2 aromatic carbocycles. The van der Waals surface area contributed by atoms with E-state index in [1.807, 2.05) is 0 Å². The zero-order valence-corrected chi connectivity index (χ0v) is 10.8. The van der Waals surface area contributed by atoms with Crippen LogP contribution in [-0.2, 0) is 13.2 Å². The summed E-state index contributed by atoms with van der Waals surface area (Å²) in [5.41, 5.74) is 6.41. The number of nitrogens with two attached hydrogens (primary N) is 1. The summed E-state index contributed by atoms with van der Waals surface area (Å²) in [5.74, 6) is -1.09. The van der Waals surface area contributed by atoms with Gasteiger partial charge < -0.3 is 10.5 Å². The van der Waals surface area contributed by atoms with Crippen LogP contribution >= 0.6 is 11.6 Å². The van der Waals surface area contributed by atoms with E-state index in [4.69, 9.17) is 22.1 Å². The maximum Gasteiger partial charge on any atom is 0.174 e. The molecule has 0 amide bonds. The highest BCUT2D eigenvalue weighted by molar-refractivity contribution is 6.32. The van der Waals surface area contributed by atoms with E-state index in [-0.39, 0.29) is 23.9 Å². The van der Waals surface area contributed by atoms with Crippen molar-refractivity contribution in [2.75, 3.05) is 0 Å². The van der Waals surface area contributed by atoms with Crippen LogP contribution in [0.2, 0.25) is 5.02 Å². The lowest BCUT2D eigenvalue weighted by atomic mass is 10.1. The van der Waals surface area contributed by atoms with Crippen LogP contribution in [0.4, 0.5) is 8.78 Å². The van der Waals surface area contributed by atoms with Crippen LogP contribution in [-0.4, -0.2) is 0 Å². The summed E-state index contributed by atoms with van der Waals surface area (Å²) in [6.45, 7) is 0.161. The Hall–Kier alpha value is -1.65. The zero-order chi connectivity index (χ0) is 13.8. The van der Waals surface area contributed by atoms with Gasteiger partial charge in [0.2, 0.25) is 0 Å². The molecule has 2 nitrogen and oxygen atoms in total. The number of para-hydroxylation sites is 1. The Morgan fingerprint density at radius 1 is 1.11 bits per heavy atom. The molecule has 2 N–H and O–H groups in total. The second-order valence-corrected chi connectivity index (χ2v) is 4.38. The maximum atomic E-state index is 13.7. The van der Waals surface area contributed by atoms with Gasteiger partial charge in [0.25, 0.3) is 0 Å². The predicted molar refractivity (Wildman–Crippen MR) is 70.0 cm³/mol. The molecule has 0 unspecified atom stereocenters. The van der Waals surface area contributed by atoms with Crippen molar-refractivity contribution in [2.24, 2.45) is 5.73 Å². The summed E-state index contributed by atoms with van der Waals surface area (Å²) >= 11 is 5.81. The average Bonchev–Trinajstić information content (AvgIpc) is 2.39. The monoisotopic (exact) mass is 283 g/mol. The van der Waals surface area contributed by atoms with Gasteiger partial charge in [0.1, 0.15) is 12.4 Å². The largest absolute Gasteiger partial charge is 0.484 e. The van der Waals surface area contributed by atoms with Crippen LogP contribution < -0.4 is 10.5 Å². The van der Waals surface area contributed by atoms with Gasteiger partial charge >= 0.3 is 0 Å². The summed E-state index contributed by atoms with van der Waals surface area (Å²) in [5, 5.41) is 0.152. The van der Waals surface area contributed by atoms with E-state index in [0.717, 1.165) is 0 Å². The van der Waals surface area contributed by atoms with Crippen molar-refractivity contribution >= 4 is 11.6 Å². The fourth-order valence-electron chi connectivity index (χ4n) is 1.61. The van der Waals surface area contributed by atoms with Gasteiger partial charge in [-0.15, -0.1) is 0 Å². The number of hydrogen-bond acceptors (Lipinski definition) is 2. The minimum atomic E-state index is -0.577. The molecule has 0 aliphatic heterocycles. The Bertz CT molecular complexity index is 569. The Balaban J connectivity index is 2.15. The van der Waals surface area contributed by atoms with Crippen LogP contribution in [0.15, 0.2) is 36.4 Å². The SMILES string of the molecule is NCc1ccc(COc2c(F)cccc2Cl)c(F)c1. The summed E-state index contributed by atoms with van der Waals surface area (Å²) in [6, 6.07) is 8.81. The summed E-state index contributed by atoms with van der Waals surface area (Å²) in [6.07, 6.45) is 0. The van der Waals surface area contributed by atoms with Gasteiger partial charge in [0.15, 0.2) is 11.6 Å². The third-order valence-electron chi connectivity index (χ3n) is 2.64. The van der Waals surface area contributed by atoms with E-state index >= 15 is 0 Å². The van der Waals surface area contributed by atoms with E-state index in [0.29, 0.717) is 11.1 Å². The second kappa shape index (κ2) is 5.99. The van der Waals surface area contributed by atoms with Crippen LogP contribution in [0, 0.1) is 11.6 Å². The van der Waals surface area contributed by atoms with Crippen LogP contribution in [0.1, 0.15) is 11.1 Å². The number of benzene rings is 2. The quantitative estimate of drug-likeness (QED) is 0.929. The molecule has 0 spiro atoms. The molecule has 0 aromatic heterocycles. The third kappa shape index (κ3) is 3.22. The van der Waals surface area contributed by atoms with Gasteiger partial charge in [0.05, 0.1) is 5.02 Å². The molecule has 0 atom stereocenters. The lowest BCUT2D eigenvalue weighted by Crippen LogP contribution is -2.03. The lowest BCUT2D eigenvalue weighted by molar-refractivity contribution is 0.285. The Labute approximate surface area is 114 Å². The van der Waals surface area contributed by atoms with Crippen molar-refractivity contribution in [3.05, 3.63) is 64.2 Å². The van der Waals surface area contributed by atoms with Gasteiger partial charge in [0, 0.05) is 12.1 Å². The normalized spacial score (nSPS) is 10.5. The van der Waals surface area contributed by atoms with Crippen molar-refractivity contribution < 1.29 is 13.5 Å². The van der Waals surface area contributed by atoms with Gasteiger partial charge in [-0.3, -0.25) is 0 Å². The summed E-state index contributed by atoms with van der Waals surface area (Å²) in [7, 11) is 0. The first-order valence-electron chi connectivity index (χ1n) is 5.66. The average molecular weight is 284 g/mol. The third-order valence-corrected chi connectivity index (χ3v) is 2.94. The van der Waals surface area contributed by atoms with Gasteiger partial charge in [-0.2, -0.15) is 0 Å². The van der Waals surface area contributed by atoms with Crippen LogP contribution in [0.5, 0.6) is 5.75 Å². The highest BCUT2D eigenvalue weighted by Gasteiger charge is 2.10. The zero-order valence-electron chi connectivity index (χ0n) is 10.00. The highest BCUT2D eigenvalue weighted by Crippen LogP contribution is 2.28. The standard InChI is InChI=1S/C14H12ClF2NO/c15-11-2-1-3-12(16)14(11)19-8-10-5-4-9(7-18)6-13(10)17/h1-6H,7-8,18H2. The van der Waals surface area contributed by atoms with Gasteiger partial charge in [-0.05, 0) is 23.8 Å². The summed E-state index contributed by atoms with van der Waals surface area (Å²) < 4.78 is 32.4. The van der Waals surface area contributed by atoms with Crippen LogP contribution in [0.3, 0.4) is 0 Å². The molecule has 0 saturated carbocycles. The second-order valence-electron chi connectivity index (χ2n) is 3.97. The molecule has 0 aliphatic rings. The molecule has 0 heterocycles. The number of halogens is 3. The first kappa shape index (κ1) is 13.8. The summed E-state index contributed by atoms with van der Waals surface area (Å²) in [4.78, 5) is 0. The molecular weight excluding hydrogens is 272 g/mol. The number of rotatable bonds is 4. The van der Waals surface area contributed by atoms with Gasteiger partial charge in [-0.1, -0.05) is 29.8 Å². The Morgan fingerprint density at radius 3 is 2.53 bits per heavy atom. The molecule has 0 radical (unpaired) electrons. The van der Waals surface area contributed by atoms with E-state index in [9.17, 15) is 8.78 Å². The minimum Gasteiger partial charge on any atom is -0.484 e. The molecule has 0 bridgehead atoms. The van der Waals surface area contributed by atoms with Crippen molar-refractivity contribution in [1.29, 1.82) is 0 Å². The van der Waals surface area contributed by atoms with Crippen molar-refractivity contribution in [1.82, 2.24) is 0 Å². The fraction of sp³-hybridized carbons (Fsp3) is 0.143. The molecule has 2 aromatic rings. The smallest absolute Gasteiger partial charge is 0.174 e. The van der Waals surface area contributed by atoms with E-state index in [2.05, 4.69) is 0 Å². The van der Waals surface area contributed by atoms with Crippen molar-refractivity contribution in [3.63, 3.8) is 0 Å². The highest BCUT2D eigenvalue weighted by atomic mass is 35.5. The Kier molecular flexibility index (Phi) is 4.35. The molecule has 5 heteroatoms.